The van der Waals surface area contributed by atoms with Gasteiger partial charge < -0.3 is 4.90 Å². The van der Waals surface area contributed by atoms with Crippen LogP contribution in [0.15, 0.2) is 22.7 Å². The molecule has 1 aromatic carbocycles. The van der Waals surface area contributed by atoms with E-state index in [2.05, 4.69) is 15.9 Å². The molecular weight excluding hydrogens is 277 g/mol. The molecule has 0 spiro atoms. The fraction of sp³-hybridized carbons (Fsp3) is 0.364. The summed E-state index contributed by atoms with van der Waals surface area (Å²) in [5.74, 6) is 0.462. The van der Waals surface area contributed by atoms with Gasteiger partial charge in [0.05, 0.1) is 0 Å². The number of carbonyl (C=O) groups is 1. The normalized spacial score (nSPS) is 10.1. The maximum absolute atomic E-state index is 12.0. The molecule has 0 aromatic heterocycles. The summed E-state index contributed by atoms with van der Waals surface area (Å²) in [6.45, 7) is 2.49. The summed E-state index contributed by atoms with van der Waals surface area (Å²) >= 11 is 8.95. The summed E-state index contributed by atoms with van der Waals surface area (Å²) in [6, 6.07) is 5.68. The van der Waals surface area contributed by atoms with Crippen LogP contribution in [0.25, 0.3) is 0 Å². The molecular formula is C11H13BrClNO. The Balaban J connectivity index is 2.95. The molecule has 2 nitrogen and oxygen atoms in total. The monoisotopic (exact) mass is 289 g/mol. The molecule has 0 bridgehead atoms. The summed E-state index contributed by atoms with van der Waals surface area (Å²) in [5.41, 5.74) is 1.70. The molecule has 1 aromatic rings. The van der Waals surface area contributed by atoms with Crippen molar-refractivity contribution in [3.63, 3.8) is 0 Å². The van der Waals surface area contributed by atoms with Crippen LogP contribution in [0.2, 0.25) is 0 Å². The Morgan fingerprint density at radius 2 is 2.20 bits per heavy atom. The highest BCUT2D eigenvalue weighted by atomic mass is 79.9. The predicted molar refractivity (Wildman–Crippen MR) is 66.6 cm³/mol. The number of benzene rings is 1. The number of aryl methyl sites for hydroxylation is 1. The lowest BCUT2D eigenvalue weighted by molar-refractivity contribution is 0.0802. The maximum atomic E-state index is 12.0. The standard InChI is InChI=1S/C11H13BrClNO/c1-8-3-4-9(12)7-10(8)11(15)14(2)6-5-13/h3-4,7H,5-6H2,1-2H3. The minimum atomic E-state index is 0.00875. The molecule has 0 saturated carbocycles. The van der Waals surface area contributed by atoms with Crippen molar-refractivity contribution in [2.24, 2.45) is 0 Å². The minimum absolute atomic E-state index is 0.00875. The lowest BCUT2D eigenvalue weighted by Gasteiger charge is -2.17. The van der Waals surface area contributed by atoms with E-state index < -0.39 is 0 Å². The van der Waals surface area contributed by atoms with Gasteiger partial charge >= 0.3 is 0 Å². The molecule has 0 aliphatic rings. The molecule has 82 valence electrons. The zero-order valence-corrected chi connectivity index (χ0v) is 11.1. The molecule has 0 unspecified atom stereocenters. The number of amides is 1. The van der Waals surface area contributed by atoms with Gasteiger partial charge in [-0.05, 0) is 24.6 Å². The highest BCUT2D eigenvalue weighted by Crippen LogP contribution is 2.17. The number of rotatable bonds is 3. The van der Waals surface area contributed by atoms with Gasteiger partial charge in [0.2, 0.25) is 0 Å². The van der Waals surface area contributed by atoms with E-state index in [1.54, 1.807) is 11.9 Å². The zero-order valence-electron chi connectivity index (χ0n) is 8.76. The Kier molecular flexibility index (Phi) is 4.61. The van der Waals surface area contributed by atoms with Crippen molar-refractivity contribution in [2.75, 3.05) is 19.5 Å². The van der Waals surface area contributed by atoms with E-state index in [4.69, 9.17) is 11.6 Å². The van der Waals surface area contributed by atoms with Gasteiger partial charge in [0, 0.05) is 29.5 Å². The van der Waals surface area contributed by atoms with Gasteiger partial charge in [0.1, 0.15) is 0 Å². The van der Waals surface area contributed by atoms with Crippen LogP contribution in [0.1, 0.15) is 15.9 Å². The second kappa shape index (κ2) is 5.52. The number of carbonyl (C=O) groups excluding carboxylic acids is 1. The van der Waals surface area contributed by atoms with E-state index in [0.29, 0.717) is 12.4 Å². The molecule has 0 radical (unpaired) electrons. The first-order valence-electron chi connectivity index (χ1n) is 4.64. The number of hydrogen-bond acceptors (Lipinski definition) is 1. The SMILES string of the molecule is Cc1ccc(Br)cc1C(=O)N(C)CCCl. The molecule has 1 amide bonds. The maximum Gasteiger partial charge on any atom is 0.253 e. The van der Waals surface area contributed by atoms with E-state index in [0.717, 1.165) is 15.6 Å². The molecule has 1 rings (SSSR count). The van der Waals surface area contributed by atoms with Crippen molar-refractivity contribution < 1.29 is 4.79 Å². The van der Waals surface area contributed by atoms with Gasteiger partial charge in [0.15, 0.2) is 0 Å². The Labute approximate surface area is 103 Å². The molecule has 4 heteroatoms. The lowest BCUT2D eigenvalue weighted by atomic mass is 10.1. The van der Waals surface area contributed by atoms with E-state index in [-0.39, 0.29) is 5.91 Å². The molecule has 0 fully saturated rings. The summed E-state index contributed by atoms with van der Waals surface area (Å²) in [5, 5.41) is 0. The Morgan fingerprint density at radius 1 is 1.53 bits per heavy atom. The summed E-state index contributed by atoms with van der Waals surface area (Å²) in [7, 11) is 1.76. The fourth-order valence-electron chi connectivity index (χ4n) is 1.26. The van der Waals surface area contributed by atoms with E-state index in [1.165, 1.54) is 0 Å². The molecule has 0 N–H and O–H groups in total. The smallest absolute Gasteiger partial charge is 0.253 e. The third-order valence-corrected chi connectivity index (χ3v) is 2.86. The van der Waals surface area contributed by atoms with Crippen molar-refractivity contribution in [2.45, 2.75) is 6.92 Å². The molecule has 0 atom stereocenters. The van der Waals surface area contributed by atoms with E-state index in [1.807, 2.05) is 25.1 Å². The van der Waals surface area contributed by atoms with Crippen molar-refractivity contribution in [1.29, 1.82) is 0 Å². The summed E-state index contributed by atoms with van der Waals surface area (Å²) in [6.07, 6.45) is 0. The fourth-order valence-corrected chi connectivity index (χ4v) is 1.87. The van der Waals surface area contributed by atoms with Gasteiger partial charge in [-0.3, -0.25) is 4.79 Å². The third-order valence-electron chi connectivity index (χ3n) is 2.20. The van der Waals surface area contributed by atoms with Crippen LogP contribution in [-0.2, 0) is 0 Å². The van der Waals surface area contributed by atoms with Crippen molar-refractivity contribution >= 4 is 33.4 Å². The predicted octanol–water partition coefficient (Wildman–Crippen LogP) is 3.07. The second-order valence-electron chi connectivity index (χ2n) is 3.37. The van der Waals surface area contributed by atoms with Crippen LogP contribution in [0.4, 0.5) is 0 Å². The first kappa shape index (κ1) is 12.5. The van der Waals surface area contributed by atoms with Crippen LogP contribution >= 0.6 is 27.5 Å². The van der Waals surface area contributed by atoms with Gasteiger partial charge in [-0.2, -0.15) is 0 Å². The Morgan fingerprint density at radius 3 is 2.80 bits per heavy atom. The number of alkyl halides is 1. The number of halogens is 2. The van der Waals surface area contributed by atoms with E-state index in [9.17, 15) is 4.79 Å². The van der Waals surface area contributed by atoms with Gasteiger partial charge in [-0.1, -0.05) is 22.0 Å². The van der Waals surface area contributed by atoms with Gasteiger partial charge in [-0.25, -0.2) is 0 Å². The topological polar surface area (TPSA) is 20.3 Å². The highest BCUT2D eigenvalue weighted by Gasteiger charge is 2.13. The number of nitrogens with zero attached hydrogens (tertiary/aromatic N) is 1. The minimum Gasteiger partial charge on any atom is -0.341 e. The molecule has 0 saturated heterocycles. The average molecular weight is 291 g/mol. The largest absolute Gasteiger partial charge is 0.341 e. The summed E-state index contributed by atoms with van der Waals surface area (Å²) in [4.78, 5) is 13.6. The molecule has 0 aliphatic carbocycles. The Bertz CT molecular complexity index is 368. The van der Waals surface area contributed by atoms with Crippen LogP contribution in [-0.4, -0.2) is 30.3 Å². The van der Waals surface area contributed by atoms with Crippen LogP contribution in [0.3, 0.4) is 0 Å². The average Bonchev–Trinajstić information content (AvgIpc) is 2.21. The van der Waals surface area contributed by atoms with Crippen molar-refractivity contribution in [1.82, 2.24) is 4.90 Å². The molecule has 0 heterocycles. The zero-order chi connectivity index (χ0) is 11.4. The Hall–Kier alpha value is -0.540. The van der Waals surface area contributed by atoms with E-state index >= 15 is 0 Å². The van der Waals surface area contributed by atoms with Crippen LogP contribution in [0.5, 0.6) is 0 Å². The second-order valence-corrected chi connectivity index (χ2v) is 4.67. The van der Waals surface area contributed by atoms with Crippen molar-refractivity contribution in [3.05, 3.63) is 33.8 Å². The van der Waals surface area contributed by atoms with Crippen LogP contribution in [0, 0.1) is 6.92 Å². The molecule has 0 aliphatic heterocycles. The lowest BCUT2D eigenvalue weighted by Crippen LogP contribution is -2.29. The first-order valence-corrected chi connectivity index (χ1v) is 5.96. The third kappa shape index (κ3) is 3.21. The first-order chi connectivity index (χ1) is 7.06. The van der Waals surface area contributed by atoms with Gasteiger partial charge in [0.25, 0.3) is 5.91 Å². The highest BCUT2D eigenvalue weighted by molar-refractivity contribution is 9.10. The van der Waals surface area contributed by atoms with Crippen LogP contribution < -0.4 is 0 Å². The van der Waals surface area contributed by atoms with Crippen molar-refractivity contribution in [3.8, 4) is 0 Å². The number of hydrogen-bond donors (Lipinski definition) is 0. The van der Waals surface area contributed by atoms with Gasteiger partial charge in [-0.15, -0.1) is 11.6 Å². The quantitative estimate of drug-likeness (QED) is 0.784. The summed E-state index contributed by atoms with van der Waals surface area (Å²) < 4.78 is 0.913. The molecule has 15 heavy (non-hydrogen) atoms.